The minimum atomic E-state index is 0.741. The minimum Gasteiger partial charge on any atom is -0.377 e. The maximum atomic E-state index is 5.71. The van der Waals surface area contributed by atoms with Crippen LogP contribution in [0, 0.1) is 0 Å². The number of ether oxygens (including phenoxy) is 1. The van der Waals surface area contributed by atoms with Crippen molar-refractivity contribution in [2.45, 2.75) is 46.3 Å². The molecule has 0 atom stereocenters. The summed E-state index contributed by atoms with van der Waals surface area (Å²) in [6.07, 6.45) is 3.69. The highest BCUT2D eigenvalue weighted by molar-refractivity contribution is 5.26. The molecule has 0 fully saturated rings. The van der Waals surface area contributed by atoms with Crippen LogP contribution in [0.4, 0.5) is 0 Å². The van der Waals surface area contributed by atoms with Crippen molar-refractivity contribution >= 4 is 0 Å². The zero-order valence-corrected chi connectivity index (χ0v) is 11.2. The molecule has 1 aromatic carbocycles. The van der Waals surface area contributed by atoms with Gasteiger partial charge in [-0.2, -0.15) is 0 Å². The fourth-order valence-corrected chi connectivity index (χ4v) is 1.77. The summed E-state index contributed by atoms with van der Waals surface area (Å²) in [4.78, 5) is 0. The van der Waals surface area contributed by atoms with Gasteiger partial charge in [-0.15, -0.1) is 0 Å². The van der Waals surface area contributed by atoms with Gasteiger partial charge < -0.3 is 10.1 Å². The second-order valence-corrected chi connectivity index (χ2v) is 4.31. The number of unbranched alkanes of at least 4 members (excludes halogenated alkanes) is 2. The van der Waals surface area contributed by atoms with Crippen molar-refractivity contribution in [3.8, 4) is 0 Å². The van der Waals surface area contributed by atoms with Gasteiger partial charge in [0.2, 0.25) is 0 Å². The molecule has 0 aliphatic rings. The van der Waals surface area contributed by atoms with Crippen LogP contribution in [-0.2, 0) is 17.9 Å². The second-order valence-electron chi connectivity index (χ2n) is 4.31. The van der Waals surface area contributed by atoms with Crippen molar-refractivity contribution in [1.82, 2.24) is 5.32 Å². The van der Waals surface area contributed by atoms with Crippen LogP contribution in [0.2, 0.25) is 0 Å². The van der Waals surface area contributed by atoms with E-state index < -0.39 is 0 Å². The number of hydrogen-bond donors (Lipinski definition) is 1. The Morgan fingerprint density at radius 2 is 1.82 bits per heavy atom. The van der Waals surface area contributed by atoms with E-state index in [0.29, 0.717) is 0 Å². The van der Waals surface area contributed by atoms with Gasteiger partial charge in [-0.05, 0) is 24.1 Å². The summed E-state index contributed by atoms with van der Waals surface area (Å²) >= 11 is 0. The Balaban J connectivity index is 2.35. The summed E-state index contributed by atoms with van der Waals surface area (Å²) in [5, 5.41) is 3.36. The molecule has 0 aliphatic carbocycles. The average molecular weight is 235 g/mol. The van der Waals surface area contributed by atoms with E-state index in [1.807, 2.05) is 0 Å². The first-order valence-corrected chi connectivity index (χ1v) is 6.73. The minimum absolute atomic E-state index is 0.741. The molecule has 0 amide bonds. The third kappa shape index (κ3) is 5.85. The molecular weight excluding hydrogens is 210 g/mol. The molecule has 96 valence electrons. The number of nitrogens with one attached hydrogen (secondary N) is 1. The molecule has 0 heterocycles. The average Bonchev–Trinajstić information content (AvgIpc) is 2.37. The van der Waals surface area contributed by atoms with E-state index in [2.05, 4.69) is 43.4 Å². The largest absolute Gasteiger partial charge is 0.377 e. The molecule has 0 unspecified atom stereocenters. The lowest BCUT2D eigenvalue weighted by molar-refractivity contribution is 0.116. The summed E-state index contributed by atoms with van der Waals surface area (Å²) in [7, 11) is 0. The first kappa shape index (κ1) is 14.2. The molecule has 2 nitrogen and oxygen atoms in total. The maximum absolute atomic E-state index is 5.71. The first-order valence-electron chi connectivity index (χ1n) is 6.73. The van der Waals surface area contributed by atoms with Gasteiger partial charge in [0, 0.05) is 13.2 Å². The molecule has 1 N–H and O–H groups in total. The SMILES string of the molecule is CCCCCOCc1ccccc1CNCC. The second kappa shape index (κ2) is 9.20. The Labute approximate surface area is 105 Å². The lowest BCUT2D eigenvalue weighted by Gasteiger charge is -2.10. The third-order valence-corrected chi connectivity index (χ3v) is 2.83. The highest BCUT2D eigenvalue weighted by Gasteiger charge is 2.00. The Hall–Kier alpha value is -0.860. The first-order chi connectivity index (χ1) is 8.38. The Morgan fingerprint density at radius 3 is 2.53 bits per heavy atom. The fourth-order valence-electron chi connectivity index (χ4n) is 1.77. The van der Waals surface area contributed by atoms with E-state index in [1.54, 1.807) is 0 Å². The molecule has 1 aromatic rings. The van der Waals surface area contributed by atoms with Gasteiger partial charge in [-0.25, -0.2) is 0 Å². The summed E-state index contributed by atoms with van der Waals surface area (Å²) in [5.74, 6) is 0. The summed E-state index contributed by atoms with van der Waals surface area (Å²) in [6.45, 7) is 7.90. The Morgan fingerprint density at radius 1 is 1.06 bits per heavy atom. The molecule has 0 aliphatic heterocycles. The molecule has 0 saturated carbocycles. The summed E-state index contributed by atoms with van der Waals surface area (Å²) in [5.41, 5.74) is 2.66. The van der Waals surface area contributed by atoms with Crippen molar-refractivity contribution in [3.05, 3.63) is 35.4 Å². The molecule has 17 heavy (non-hydrogen) atoms. The van der Waals surface area contributed by atoms with Gasteiger partial charge in [0.15, 0.2) is 0 Å². The smallest absolute Gasteiger partial charge is 0.0720 e. The van der Waals surface area contributed by atoms with Crippen LogP contribution in [0.25, 0.3) is 0 Å². The van der Waals surface area contributed by atoms with Gasteiger partial charge in [0.1, 0.15) is 0 Å². The van der Waals surface area contributed by atoms with E-state index in [-0.39, 0.29) is 0 Å². The van der Waals surface area contributed by atoms with Crippen molar-refractivity contribution in [2.75, 3.05) is 13.2 Å². The standard InChI is InChI=1S/C15H25NO/c1-3-5-8-11-17-13-15-10-7-6-9-14(15)12-16-4-2/h6-7,9-10,16H,3-5,8,11-13H2,1-2H3. The van der Waals surface area contributed by atoms with Crippen LogP contribution in [0.5, 0.6) is 0 Å². The number of hydrogen-bond acceptors (Lipinski definition) is 2. The van der Waals surface area contributed by atoms with Crippen LogP contribution >= 0.6 is 0 Å². The highest BCUT2D eigenvalue weighted by Crippen LogP contribution is 2.10. The van der Waals surface area contributed by atoms with E-state index in [4.69, 9.17) is 4.74 Å². The molecule has 0 bridgehead atoms. The summed E-state index contributed by atoms with van der Waals surface area (Å²) < 4.78 is 5.71. The van der Waals surface area contributed by atoms with Gasteiger partial charge in [-0.3, -0.25) is 0 Å². The molecular formula is C15H25NO. The predicted molar refractivity (Wildman–Crippen MR) is 73.0 cm³/mol. The van der Waals surface area contributed by atoms with Gasteiger partial charge in [0.25, 0.3) is 0 Å². The molecule has 0 saturated heterocycles. The fraction of sp³-hybridized carbons (Fsp3) is 0.600. The topological polar surface area (TPSA) is 21.3 Å². The molecule has 0 spiro atoms. The third-order valence-electron chi connectivity index (χ3n) is 2.83. The molecule has 0 radical (unpaired) electrons. The van der Waals surface area contributed by atoms with Crippen molar-refractivity contribution in [1.29, 1.82) is 0 Å². The maximum Gasteiger partial charge on any atom is 0.0720 e. The van der Waals surface area contributed by atoms with E-state index in [9.17, 15) is 0 Å². The quantitative estimate of drug-likeness (QED) is 0.661. The van der Waals surface area contributed by atoms with Crippen molar-refractivity contribution < 1.29 is 4.74 Å². The molecule has 2 heteroatoms. The van der Waals surface area contributed by atoms with E-state index in [1.165, 1.54) is 30.4 Å². The molecule has 1 rings (SSSR count). The zero-order chi connectivity index (χ0) is 12.3. The Bertz CT molecular complexity index is 299. The van der Waals surface area contributed by atoms with Gasteiger partial charge >= 0.3 is 0 Å². The van der Waals surface area contributed by atoms with Gasteiger partial charge in [0.05, 0.1) is 6.61 Å². The Kier molecular flexibility index (Phi) is 7.69. The van der Waals surface area contributed by atoms with Crippen molar-refractivity contribution in [3.63, 3.8) is 0 Å². The van der Waals surface area contributed by atoms with Gasteiger partial charge in [-0.1, -0.05) is 51.0 Å². The van der Waals surface area contributed by atoms with Crippen LogP contribution in [0.3, 0.4) is 0 Å². The highest BCUT2D eigenvalue weighted by atomic mass is 16.5. The lowest BCUT2D eigenvalue weighted by atomic mass is 10.1. The number of rotatable bonds is 9. The summed E-state index contributed by atoms with van der Waals surface area (Å²) in [6, 6.07) is 8.51. The number of benzene rings is 1. The molecule has 0 aromatic heterocycles. The van der Waals surface area contributed by atoms with Crippen LogP contribution in [0.1, 0.15) is 44.2 Å². The predicted octanol–water partition coefficient (Wildman–Crippen LogP) is 3.50. The van der Waals surface area contributed by atoms with Crippen LogP contribution < -0.4 is 5.32 Å². The monoisotopic (exact) mass is 235 g/mol. The normalized spacial score (nSPS) is 10.7. The van der Waals surface area contributed by atoms with Crippen molar-refractivity contribution in [2.24, 2.45) is 0 Å². The van der Waals surface area contributed by atoms with E-state index in [0.717, 1.165) is 26.3 Å². The lowest BCUT2D eigenvalue weighted by Crippen LogP contribution is -2.13. The van der Waals surface area contributed by atoms with Crippen LogP contribution in [-0.4, -0.2) is 13.2 Å². The zero-order valence-electron chi connectivity index (χ0n) is 11.2. The van der Waals surface area contributed by atoms with Crippen LogP contribution in [0.15, 0.2) is 24.3 Å². The van der Waals surface area contributed by atoms with E-state index >= 15 is 0 Å².